The fraction of sp³-hybridized carbons (Fsp3) is 0. The number of furan rings is 1. The van der Waals surface area contributed by atoms with E-state index in [9.17, 15) is 0 Å². The van der Waals surface area contributed by atoms with Crippen molar-refractivity contribution in [3.8, 4) is 5.69 Å². The first kappa shape index (κ1) is 22.0. The minimum atomic E-state index is 0.149. The fourth-order valence-electron chi connectivity index (χ4n) is 8.17. The van der Waals surface area contributed by atoms with Crippen LogP contribution in [-0.2, 0) is 0 Å². The van der Waals surface area contributed by atoms with Crippen LogP contribution >= 0.6 is 0 Å². The van der Waals surface area contributed by atoms with Gasteiger partial charge in [0.25, 0.3) is 6.71 Å². The van der Waals surface area contributed by atoms with Crippen molar-refractivity contribution in [2.24, 2.45) is 0 Å². The normalized spacial score (nSPS) is 13.9. The zero-order valence-electron chi connectivity index (χ0n) is 23.0. The third kappa shape index (κ3) is 2.52. The molecular formula is C38H22BN3O. The highest BCUT2D eigenvalue weighted by Crippen LogP contribution is 2.50. The van der Waals surface area contributed by atoms with Crippen LogP contribution < -0.4 is 26.3 Å². The number of aromatic nitrogens is 1. The average molecular weight is 547 g/mol. The van der Waals surface area contributed by atoms with Gasteiger partial charge < -0.3 is 18.8 Å². The van der Waals surface area contributed by atoms with Crippen molar-refractivity contribution in [2.45, 2.75) is 0 Å². The number of anilines is 6. The predicted molar refractivity (Wildman–Crippen MR) is 178 cm³/mol. The van der Waals surface area contributed by atoms with Crippen molar-refractivity contribution in [3.63, 3.8) is 0 Å². The topological polar surface area (TPSA) is 24.6 Å². The summed E-state index contributed by atoms with van der Waals surface area (Å²) in [6.45, 7) is 0.149. The third-order valence-corrected chi connectivity index (χ3v) is 9.68. The van der Waals surface area contributed by atoms with Gasteiger partial charge in [-0.05, 0) is 71.6 Å². The molecule has 4 nitrogen and oxygen atoms in total. The Bertz CT molecular complexity index is 2490. The van der Waals surface area contributed by atoms with Gasteiger partial charge in [0.2, 0.25) is 0 Å². The molecular weight excluding hydrogens is 525 g/mol. The van der Waals surface area contributed by atoms with Gasteiger partial charge in [-0.2, -0.15) is 0 Å². The van der Waals surface area contributed by atoms with Crippen LogP contribution in [0.2, 0.25) is 0 Å². The lowest BCUT2D eigenvalue weighted by Gasteiger charge is -2.41. The molecule has 43 heavy (non-hydrogen) atoms. The highest BCUT2D eigenvalue weighted by molar-refractivity contribution is 7.02. The van der Waals surface area contributed by atoms with Crippen LogP contribution in [0.15, 0.2) is 138 Å². The molecule has 0 aliphatic carbocycles. The van der Waals surface area contributed by atoms with Crippen molar-refractivity contribution >= 4 is 90.2 Å². The highest BCUT2D eigenvalue weighted by atomic mass is 16.3. The second kappa shape index (κ2) is 7.58. The lowest BCUT2D eigenvalue weighted by molar-refractivity contribution is 0.669. The third-order valence-electron chi connectivity index (χ3n) is 9.68. The lowest BCUT2D eigenvalue weighted by atomic mass is 9.36. The highest BCUT2D eigenvalue weighted by Gasteiger charge is 2.51. The Labute approximate surface area is 247 Å². The minimum Gasteiger partial charge on any atom is -0.456 e. The van der Waals surface area contributed by atoms with Gasteiger partial charge in [-0.25, -0.2) is 0 Å². The van der Waals surface area contributed by atoms with Gasteiger partial charge in [-0.15, -0.1) is 0 Å². The van der Waals surface area contributed by atoms with E-state index in [2.05, 4.69) is 142 Å². The lowest BCUT2D eigenvalue weighted by Crippen LogP contribution is -2.59. The summed E-state index contributed by atoms with van der Waals surface area (Å²) >= 11 is 0. The van der Waals surface area contributed by atoms with Crippen LogP contribution in [0, 0.1) is 0 Å². The van der Waals surface area contributed by atoms with E-state index in [1.54, 1.807) is 0 Å². The molecule has 8 aromatic rings. The zero-order valence-corrected chi connectivity index (χ0v) is 23.0. The average Bonchev–Trinajstić information content (AvgIpc) is 3.72. The van der Waals surface area contributed by atoms with Crippen LogP contribution in [0.3, 0.4) is 0 Å². The maximum absolute atomic E-state index is 6.37. The van der Waals surface area contributed by atoms with Crippen LogP contribution in [0.4, 0.5) is 34.1 Å². The summed E-state index contributed by atoms with van der Waals surface area (Å²) in [6, 6.07) is 48.2. The Hall–Kier alpha value is -5.68. The van der Waals surface area contributed by atoms with Crippen molar-refractivity contribution in [1.29, 1.82) is 0 Å². The van der Waals surface area contributed by atoms with Crippen LogP contribution in [0.25, 0.3) is 38.5 Å². The number of hydrogen-bond donors (Lipinski definition) is 0. The van der Waals surface area contributed by atoms with Gasteiger partial charge >= 0.3 is 0 Å². The van der Waals surface area contributed by atoms with Crippen molar-refractivity contribution in [1.82, 2.24) is 4.57 Å². The molecule has 198 valence electrons. The molecule has 0 spiro atoms. The summed E-state index contributed by atoms with van der Waals surface area (Å²) < 4.78 is 8.90. The number of benzene rings is 6. The molecule has 3 aliphatic heterocycles. The summed E-state index contributed by atoms with van der Waals surface area (Å²) in [5, 5.41) is 3.56. The zero-order chi connectivity index (χ0) is 27.8. The first-order valence-electron chi connectivity index (χ1n) is 14.8. The number of nitrogens with zero attached hydrogens (tertiary/aromatic N) is 3. The first-order chi connectivity index (χ1) is 21.4. The molecule has 0 N–H and O–H groups in total. The molecule has 0 bridgehead atoms. The molecule has 0 saturated carbocycles. The van der Waals surface area contributed by atoms with Gasteiger partial charge in [-0.3, -0.25) is 0 Å². The fourth-order valence-corrected chi connectivity index (χ4v) is 8.17. The Morgan fingerprint density at radius 1 is 0.465 bits per heavy atom. The molecule has 0 unspecified atom stereocenters. The quantitative estimate of drug-likeness (QED) is 0.206. The maximum atomic E-state index is 6.37. The van der Waals surface area contributed by atoms with Crippen LogP contribution in [0.1, 0.15) is 0 Å². The van der Waals surface area contributed by atoms with Crippen LogP contribution in [0.5, 0.6) is 0 Å². The first-order valence-corrected chi connectivity index (χ1v) is 14.8. The predicted octanol–water partition coefficient (Wildman–Crippen LogP) is 7.93. The Morgan fingerprint density at radius 3 is 1.91 bits per heavy atom. The molecule has 0 amide bonds. The SMILES string of the molecule is c1ccc(N2c3cccc4c3B3c5c(cccc5-n5c3c2c2ccccc25)N4c2cccc3oc4ccccc4c23)cc1. The largest absolute Gasteiger partial charge is 0.456 e. The van der Waals surface area contributed by atoms with Gasteiger partial charge in [0.15, 0.2) is 0 Å². The molecule has 5 heterocycles. The van der Waals surface area contributed by atoms with Gasteiger partial charge in [0.05, 0.1) is 22.3 Å². The standard InChI is InChI=1S/C38H22BN3O/c1-2-11-23(12-3-1)40-28-17-8-18-29-35(28)39-36-30(19-9-20-31(36)42-26-15-6-4-13-24(26)37(40)38(39)42)41(29)27-16-10-22-33-34(27)25-14-5-7-21-32(25)43-33/h1-22H. The van der Waals surface area contributed by atoms with Crippen LogP contribution in [-0.4, -0.2) is 11.3 Å². The summed E-state index contributed by atoms with van der Waals surface area (Å²) in [5.74, 6) is 0. The molecule has 2 aromatic heterocycles. The van der Waals surface area contributed by atoms with E-state index in [0.29, 0.717) is 0 Å². The smallest absolute Gasteiger partial charge is 0.275 e. The van der Waals surface area contributed by atoms with Crippen molar-refractivity contribution < 1.29 is 4.42 Å². The molecule has 0 radical (unpaired) electrons. The van der Waals surface area contributed by atoms with Gasteiger partial charge in [-0.1, -0.05) is 72.8 Å². The van der Waals surface area contributed by atoms with E-state index >= 15 is 0 Å². The van der Waals surface area contributed by atoms with E-state index in [-0.39, 0.29) is 6.71 Å². The number of para-hydroxylation sites is 3. The second-order valence-corrected chi connectivity index (χ2v) is 11.7. The summed E-state index contributed by atoms with van der Waals surface area (Å²) in [6.07, 6.45) is 0. The van der Waals surface area contributed by atoms with E-state index in [4.69, 9.17) is 4.42 Å². The molecule has 5 heteroatoms. The van der Waals surface area contributed by atoms with E-state index < -0.39 is 0 Å². The molecule has 0 atom stereocenters. The van der Waals surface area contributed by atoms with E-state index in [0.717, 1.165) is 27.6 Å². The summed E-state index contributed by atoms with van der Waals surface area (Å²) in [5.41, 5.74) is 15.7. The second-order valence-electron chi connectivity index (χ2n) is 11.7. The number of fused-ring (bicyclic) bond motifs is 7. The van der Waals surface area contributed by atoms with Crippen molar-refractivity contribution in [2.75, 3.05) is 9.80 Å². The molecule has 0 fully saturated rings. The van der Waals surface area contributed by atoms with Gasteiger partial charge in [0.1, 0.15) is 11.2 Å². The number of hydrogen-bond acceptors (Lipinski definition) is 3. The molecule has 0 saturated heterocycles. The molecule has 3 aliphatic rings. The molecule has 11 rings (SSSR count). The van der Waals surface area contributed by atoms with Crippen molar-refractivity contribution in [3.05, 3.63) is 133 Å². The summed E-state index contributed by atoms with van der Waals surface area (Å²) in [7, 11) is 0. The van der Waals surface area contributed by atoms with E-state index in [1.165, 1.54) is 61.5 Å². The van der Waals surface area contributed by atoms with Gasteiger partial charge in [0, 0.05) is 44.8 Å². The number of rotatable bonds is 2. The summed E-state index contributed by atoms with van der Waals surface area (Å²) in [4.78, 5) is 4.98. The molecule has 6 aromatic carbocycles. The minimum absolute atomic E-state index is 0.149. The Kier molecular flexibility index (Phi) is 3.88. The monoisotopic (exact) mass is 547 g/mol. The van der Waals surface area contributed by atoms with E-state index in [1.807, 2.05) is 6.07 Å². The Balaban J connectivity index is 1.32. The Morgan fingerprint density at radius 2 is 1.07 bits per heavy atom. The maximum Gasteiger partial charge on any atom is 0.275 e.